The first-order valence-electron chi connectivity index (χ1n) is 36.1. The van der Waals surface area contributed by atoms with Crippen molar-refractivity contribution in [3.8, 4) is 0 Å². The monoisotopic (exact) mass is 1300 g/mol. The summed E-state index contributed by atoms with van der Waals surface area (Å²) in [6.07, 6.45) is 49.2. The number of hydrogen-bond donors (Lipinski definition) is 3. The Morgan fingerprint density at radius 3 is 0.773 bits per heavy atom. The van der Waals surface area contributed by atoms with Crippen LogP contribution in [0.1, 0.15) is 356 Å². The molecule has 0 rings (SSSR count). The molecule has 0 saturated heterocycles. The van der Waals surface area contributed by atoms with Gasteiger partial charge in [0.05, 0.1) is 26.4 Å². The molecule has 522 valence electrons. The fraction of sp³-hybridized carbons (Fsp3) is 0.942. The quantitative estimate of drug-likeness (QED) is 0.0222. The molecular weight excluding hydrogens is 1160 g/mol. The number of carbonyl (C=O) groups excluding carboxylic acids is 4. The van der Waals surface area contributed by atoms with Gasteiger partial charge in [0, 0.05) is 25.7 Å². The minimum atomic E-state index is -4.95. The van der Waals surface area contributed by atoms with Crippen LogP contribution in [0.3, 0.4) is 0 Å². The summed E-state index contributed by atoms with van der Waals surface area (Å²) in [4.78, 5) is 72.1. The summed E-state index contributed by atoms with van der Waals surface area (Å²) < 4.78 is 68.0. The van der Waals surface area contributed by atoms with Crippen molar-refractivity contribution in [2.75, 3.05) is 39.6 Å². The van der Waals surface area contributed by atoms with Crippen LogP contribution in [-0.2, 0) is 65.4 Å². The molecule has 0 amide bonds. The van der Waals surface area contributed by atoms with E-state index in [0.29, 0.717) is 25.7 Å². The minimum Gasteiger partial charge on any atom is -0.462 e. The molecule has 17 nitrogen and oxygen atoms in total. The topological polar surface area (TPSA) is 237 Å². The molecule has 19 heteroatoms. The highest BCUT2D eigenvalue weighted by Crippen LogP contribution is 2.45. The molecule has 88 heavy (non-hydrogen) atoms. The van der Waals surface area contributed by atoms with Crippen LogP contribution in [0, 0.1) is 5.92 Å². The largest absolute Gasteiger partial charge is 0.472 e. The van der Waals surface area contributed by atoms with E-state index < -0.39 is 97.5 Å². The van der Waals surface area contributed by atoms with Crippen molar-refractivity contribution in [3.63, 3.8) is 0 Å². The van der Waals surface area contributed by atoms with Gasteiger partial charge in [0.1, 0.15) is 19.3 Å². The molecule has 0 aliphatic heterocycles. The molecule has 0 saturated carbocycles. The van der Waals surface area contributed by atoms with E-state index in [1.165, 1.54) is 173 Å². The molecule has 0 radical (unpaired) electrons. The van der Waals surface area contributed by atoms with Gasteiger partial charge in [0.15, 0.2) is 12.2 Å². The van der Waals surface area contributed by atoms with Crippen molar-refractivity contribution in [3.05, 3.63) is 0 Å². The van der Waals surface area contributed by atoms with Gasteiger partial charge < -0.3 is 33.8 Å². The molecule has 0 aromatic rings. The maximum atomic E-state index is 13.0. The number of aliphatic hydroxyl groups is 1. The molecule has 0 aliphatic rings. The predicted octanol–water partition coefficient (Wildman–Crippen LogP) is 19.7. The van der Waals surface area contributed by atoms with Crippen molar-refractivity contribution in [1.29, 1.82) is 0 Å². The second-order valence-corrected chi connectivity index (χ2v) is 28.3. The summed E-state index contributed by atoms with van der Waals surface area (Å²) >= 11 is 0. The summed E-state index contributed by atoms with van der Waals surface area (Å²) in [5.41, 5.74) is 0. The molecule has 5 atom stereocenters. The van der Waals surface area contributed by atoms with Crippen LogP contribution in [0.5, 0.6) is 0 Å². The molecule has 0 bridgehead atoms. The van der Waals surface area contributed by atoms with E-state index in [1.807, 2.05) is 0 Å². The fourth-order valence-electron chi connectivity index (χ4n) is 10.5. The van der Waals surface area contributed by atoms with Gasteiger partial charge in [0.25, 0.3) is 0 Å². The number of unbranched alkanes of at least 4 members (excludes halogenated alkanes) is 41. The highest BCUT2D eigenvalue weighted by molar-refractivity contribution is 7.47. The Hall–Kier alpha value is -1.94. The van der Waals surface area contributed by atoms with Crippen molar-refractivity contribution in [2.24, 2.45) is 5.92 Å². The second kappa shape index (κ2) is 62.5. The number of esters is 4. The third-order valence-electron chi connectivity index (χ3n) is 16.0. The summed E-state index contributed by atoms with van der Waals surface area (Å²) in [5, 5.41) is 10.5. The van der Waals surface area contributed by atoms with E-state index in [9.17, 15) is 43.2 Å². The summed E-state index contributed by atoms with van der Waals surface area (Å²) in [5.74, 6) is -1.41. The number of aliphatic hydroxyl groups excluding tert-OH is 1. The van der Waals surface area contributed by atoms with E-state index in [-0.39, 0.29) is 25.7 Å². The van der Waals surface area contributed by atoms with Crippen LogP contribution in [0.25, 0.3) is 0 Å². The average Bonchev–Trinajstić information content (AvgIpc) is 3.64. The Labute approximate surface area is 537 Å². The van der Waals surface area contributed by atoms with Crippen molar-refractivity contribution >= 4 is 39.5 Å². The third kappa shape index (κ3) is 62.8. The lowest BCUT2D eigenvalue weighted by Crippen LogP contribution is -2.30. The number of phosphoric ester groups is 2. The van der Waals surface area contributed by atoms with Crippen molar-refractivity contribution < 1.29 is 80.2 Å². The van der Waals surface area contributed by atoms with E-state index in [1.54, 1.807) is 0 Å². The molecule has 0 aliphatic carbocycles. The number of ether oxygens (including phenoxy) is 4. The highest BCUT2D eigenvalue weighted by atomic mass is 31.2. The number of phosphoric acid groups is 2. The van der Waals surface area contributed by atoms with Crippen LogP contribution in [-0.4, -0.2) is 96.7 Å². The molecule has 3 N–H and O–H groups in total. The van der Waals surface area contributed by atoms with Crippen LogP contribution >= 0.6 is 15.6 Å². The summed E-state index contributed by atoms with van der Waals surface area (Å²) in [6, 6.07) is 0. The molecule has 0 heterocycles. The third-order valence-corrected chi connectivity index (χ3v) is 17.9. The highest BCUT2D eigenvalue weighted by Gasteiger charge is 2.30. The maximum absolute atomic E-state index is 13.0. The SMILES string of the molecule is CCCCCCCCCCCCCCCCCCCCCCCC(=O)O[C@H](COC(=O)CCCCCCCCCCC(C)C)COP(=O)(O)OC[C@@H](O)COP(=O)(O)OC[C@@H](COC(=O)CCCCCCC)OC(=O)CCCCCCCCCCCCC. The van der Waals surface area contributed by atoms with E-state index in [0.717, 1.165) is 102 Å². The molecule has 0 aromatic carbocycles. The van der Waals surface area contributed by atoms with Crippen LogP contribution in [0.2, 0.25) is 0 Å². The molecule has 0 spiro atoms. The van der Waals surface area contributed by atoms with Gasteiger partial charge in [-0.1, -0.05) is 304 Å². The number of carbonyl (C=O) groups is 4. The van der Waals surface area contributed by atoms with Gasteiger partial charge in [-0.05, 0) is 31.6 Å². The Morgan fingerprint density at radius 2 is 0.523 bits per heavy atom. The number of rotatable bonds is 69. The zero-order valence-electron chi connectivity index (χ0n) is 56.9. The van der Waals surface area contributed by atoms with Gasteiger partial charge in [-0.3, -0.25) is 37.3 Å². The standard InChI is InChI=1S/C69H134O17P2/c1-6-9-12-15-17-19-21-22-23-24-25-26-27-28-29-30-32-34-40-45-50-55-69(74)86-65(59-80-67(72)53-48-43-38-36-35-37-42-46-51-62(4)5)61-84-88(77,78)82-57-63(70)56-81-87(75,76)83-60-64(58-79-66(71)52-47-41-14-11-8-3)85-68(73)54-49-44-39-33-31-20-18-16-13-10-7-2/h62-65,70H,6-61H2,1-5H3,(H,75,76)(H,77,78)/t63-,64+,65+/m0/s1. The van der Waals surface area contributed by atoms with Gasteiger partial charge in [0.2, 0.25) is 0 Å². The normalized spacial score (nSPS) is 14.1. The molecule has 0 aromatic heterocycles. The zero-order valence-corrected chi connectivity index (χ0v) is 58.6. The molecule has 2 unspecified atom stereocenters. The van der Waals surface area contributed by atoms with Crippen LogP contribution in [0.4, 0.5) is 0 Å². The van der Waals surface area contributed by atoms with Gasteiger partial charge in [-0.2, -0.15) is 0 Å². The lowest BCUT2D eigenvalue weighted by atomic mass is 10.0. The predicted molar refractivity (Wildman–Crippen MR) is 354 cm³/mol. The Morgan fingerprint density at radius 1 is 0.307 bits per heavy atom. The molecular formula is C69H134O17P2. The fourth-order valence-corrected chi connectivity index (χ4v) is 12.0. The van der Waals surface area contributed by atoms with Gasteiger partial charge in [-0.15, -0.1) is 0 Å². The Bertz CT molecular complexity index is 1700. The van der Waals surface area contributed by atoms with Crippen molar-refractivity contribution in [1.82, 2.24) is 0 Å². The first kappa shape index (κ1) is 86.1. The van der Waals surface area contributed by atoms with Crippen LogP contribution < -0.4 is 0 Å². The first-order valence-corrected chi connectivity index (χ1v) is 39.1. The Kier molecular flexibility index (Phi) is 61.1. The van der Waals surface area contributed by atoms with E-state index in [4.69, 9.17) is 37.0 Å². The summed E-state index contributed by atoms with van der Waals surface area (Å²) in [7, 11) is -9.88. The van der Waals surface area contributed by atoms with Gasteiger partial charge in [-0.25, -0.2) is 9.13 Å². The average molecular weight is 1300 g/mol. The first-order chi connectivity index (χ1) is 42.5. The van der Waals surface area contributed by atoms with Crippen LogP contribution in [0.15, 0.2) is 0 Å². The minimum absolute atomic E-state index is 0.106. The number of hydrogen-bond acceptors (Lipinski definition) is 15. The van der Waals surface area contributed by atoms with Crippen molar-refractivity contribution in [2.45, 2.75) is 374 Å². The van der Waals surface area contributed by atoms with E-state index in [2.05, 4.69) is 34.6 Å². The van der Waals surface area contributed by atoms with E-state index >= 15 is 0 Å². The summed E-state index contributed by atoms with van der Waals surface area (Å²) in [6.45, 7) is 7.11. The zero-order chi connectivity index (χ0) is 64.9. The molecule has 0 fully saturated rings. The lowest BCUT2D eigenvalue weighted by molar-refractivity contribution is -0.161. The smallest absolute Gasteiger partial charge is 0.462 e. The second-order valence-electron chi connectivity index (χ2n) is 25.4. The lowest BCUT2D eigenvalue weighted by Gasteiger charge is -2.21. The van der Waals surface area contributed by atoms with Gasteiger partial charge >= 0.3 is 39.5 Å². The Balaban J connectivity index is 5.09. The maximum Gasteiger partial charge on any atom is 0.472 e.